The van der Waals surface area contributed by atoms with Crippen molar-refractivity contribution in [3.05, 3.63) is 0 Å². The normalized spacial score (nSPS) is 32.8. The van der Waals surface area contributed by atoms with Crippen LogP contribution in [0.1, 0.15) is 6.42 Å². The molecule has 0 bridgehead atoms. The van der Waals surface area contributed by atoms with E-state index < -0.39 is 37.0 Å². The SMILES string of the molecule is O=C1O[C@@H]([C@H](O)[C@H](O)CO)C[C@H]1O. The topological polar surface area (TPSA) is 107 Å². The highest BCUT2D eigenvalue weighted by atomic mass is 16.6. The van der Waals surface area contributed by atoms with Crippen molar-refractivity contribution in [2.75, 3.05) is 6.61 Å². The molecule has 0 radical (unpaired) electrons. The minimum Gasteiger partial charge on any atom is -0.457 e. The summed E-state index contributed by atoms with van der Waals surface area (Å²) >= 11 is 0. The molecule has 1 heterocycles. The summed E-state index contributed by atoms with van der Waals surface area (Å²) in [5.41, 5.74) is 0. The number of carbonyl (C=O) groups excluding carboxylic acids is 1. The third-order valence-corrected chi connectivity index (χ3v) is 1.96. The van der Waals surface area contributed by atoms with E-state index in [2.05, 4.69) is 4.74 Å². The Labute approximate surface area is 74.4 Å². The van der Waals surface area contributed by atoms with E-state index in [1.165, 1.54) is 0 Å². The lowest BCUT2D eigenvalue weighted by atomic mass is 10.1. The maximum absolute atomic E-state index is 10.7. The van der Waals surface area contributed by atoms with Gasteiger partial charge in [0.1, 0.15) is 18.3 Å². The van der Waals surface area contributed by atoms with Gasteiger partial charge in [-0.25, -0.2) is 4.79 Å². The van der Waals surface area contributed by atoms with Crippen molar-refractivity contribution in [1.29, 1.82) is 0 Å². The zero-order valence-electron chi connectivity index (χ0n) is 6.83. The molecular weight excluding hydrogens is 180 g/mol. The lowest BCUT2D eigenvalue weighted by Crippen LogP contribution is -2.39. The summed E-state index contributed by atoms with van der Waals surface area (Å²) < 4.78 is 4.55. The smallest absolute Gasteiger partial charge is 0.335 e. The van der Waals surface area contributed by atoms with E-state index in [1.807, 2.05) is 0 Å². The van der Waals surface area contributed by atoms with Gasteiger partial charge in [-0.05, 0) is 0 Å². The molecule has 6 nitrogen and oxygen atoms in total. The molecule has 0 aromatic carbocycles. The van der Waals surface area contributed by atoms with E-state index in [4.69, 9.17) is 15.3 Å². The van der Waals surface area contributed by atoms with Crippen molar-refractivity contribution in [3.63, 3.8) is 0 Å². The van der Waals surface area contributed by atoms with Crippen LogP contribution in [-0.2, 0) is 9.53 Å². The minimum atomic E-state index is -1.36. The quantitative estimate of drug-likeness (QED) is 0.365. The van der Waals surface area contributed by atoms with Gasteiger partial charge in [0.15, 0.2) is 6.10 Å². The standard InChI is InChI=1S/C7H12O6/c8-2-4(10)6(11)5-1-3(9)7(12)13-5/h3-6,8-11H,1-2H2/t3-,4-,5-,6-/m1/s1. The molecule has 0 aromatic heterocycles. The molecule has 13 heavy (non-hydrogen) atoms. The predicted octanol–water partition coefficient (Wildman–Crippen LogP) is -2.62. The van der Waals surface area contributed by atoms with Crippen molar-refractivity contribution in [2.45, 2.75) is 30.8 Å². The van der Waals surface area contributed by atoms with Gasteiger partial charge in [-0.15, -0.1) is 0 Å². The van der Waals surface area contributed by atoms with Crippen LogP contribution in [0, 0.1) is 0 Å². The molecule has 0 unspecified atom stereocenters. The zero-order chi connectivity index (χ0) is 10.0. The predicted molar refractivity (Wildman–Crippen MR) is 39.6 cm³/mol. The van der Waals surface area contributed by atoms with Gasteiger partial charge in [-0.3, -0.25) is 0 Å². The number of aliphatic hydroxyl groups excluding tert-OH is 4. The summed E-state index contributed by atoms with van der Waals surface area (Å²) in [5, 5.41) is 35.7. The summed E-state index contributed by atoms with van der Waals surface area (Å²) in [6.45, 7) is -0.620. The van der Waals surface area contributed by atoms with Crippen LogP contribution >= 0.6 is 0 Å². The third-order valence-electron chi connectivity index (χ3n) is 1.96. The molecule has 4 atom stereocenters. The van der Waals surface area contributed by atoms with Crippen LogP contribution in [0.15, 0.2) is 0 Å². The van der Waals surface area contributed by atoms with E-state index in [1.54, 1.807) is 0 Å². The second-order valence-corrected chi connectivity index (χ2v) is 2.97. The van der Waals surface area contributed by atoms with Crippen molar-refractivity contribution in [3.8, 4) is 0 Å². The van der Waals surface area contributed by atoms with Crippen LogP contribution in [0.3, 0.4) is 0 Å². The molecule has 0 aromatic rings. The maximum Gasteiger partial charge on any atom is 0.335 e. The number of aliphatic hydroxyl groups is 4. The number of carbonyl (C=O) groups is 1. The van der Waals surface area contributed by atoms with Crippen LogP contribution < -0.4 is 0 Å². The Bertz CT molecular complexity index is 193. The summed E-state index contributed by atoms with van der Waals surface area (Å²) in [7, 11) is 0. The fourth-order valence-electron chi connectivity index (χ4n) is 1.16. The lowest BCUT2D eigenvalue weighted by molar-refractivity contribution is -0.154. The number of hydrogen-bond donors (Lipinski definition) is 4. The Morgan fingerprint density at radius 2 is 2.15 bits per heavy atom. The molecule has 4 N–H and O–H groups in total. The lowest BCUT2D eigenvalue weighted by Gasteiger charge is -2.20. The van der Waals surface area contributed by atoms with E-state index in [0.717, 1.165) is 0 Å². The molecule has 0 aliphatic carbocycles. The highest BCUT2D eigenvalue weighted by molar-refractivity contribution is 5.76. The summed E-state index contributed by atoms with van der Waals surface area (Å²) in [5.74, 6) is -0.811. The van der Waals surface area contributed by atoms with Gasteiger partial charge in [0.25, 0.3) is 0 Å². The third kappa shape index (κ3) is 2.16. The first-order valence-electron chi connectivity index (χ1n) is 3.91. The van der Waals surface area contributed by atoms with Gasteiger partial charge in [-0.1, -0.05) is 0 Å². The summed E-state index contributed by atoms with van der Waals surface area (Å²) in [6.07, 6.45) is -4.96. The molecule has 1 aliphatic rings. The first-order chi connectivity index (χ1) is 6.06. The second kappa shape index (κ2) is 4.01. The average Bonchev–Trinajstić information content (AvgIpc) is 2.44. The molecule has 1 saturated heterocycles. The highest BCUT2D eigenvalue weighted by Gasteiger charge is 2.39. The molecule has 1 aliphatic heterocycles. The first-order valence-corrected chi connectivity index (χ1v) is 3.91. The van der Waals surface area contributed by atoms with E-state index in [0.29, 0.717) is 0 Å². The minimum absolute atomic E-state index is 0.0585. The van der Waals surface area contributed by atoms with E-state index in [9.17, 15) is 9.90 Å². The first kappa shape index (κ1) is 10.4. The van der Waals surface area contributed by atoms with Crippen molar-refractivity contribution < 1.29 is 30.0 Å². The molecule has 76 valence electrons. The number of ether oxygens (including phenoxy) is 1. The van der Waals surface area contributed by atoms with Gasteiger partial charge in [0, 0.05) is 6.42 Å². The van der Waals surface area contributed by atoms with Crippen molar-refractivity contribution in [2.24, 2.45) is 0 Å². The summed E-state index contributed by atoms with van der Waals surface area (Å²) in [6, 6.07) is 0. The largest absolute Gasteiger partial charge is 0.457 e. The molecule has 0 saturated carbocycles. The molecule has 0 amide bonds. The monoisotopic (exact) mass is 192 g/mol. The van der Waals surface area contributed by atoms with Gasteiger partial charge in [0.05, 0.1) is 6.61 Å². The Hall–Kier alpha value is -0.690. The maximum atomic E-state index is 10.7. The Kier molecular flexibility index (Phi) is 3.21. The fraction of sp³-hybridized carbons (Fsp3) is 0.857. The van der Waals surface area contributed by atoms with Crippen LogP contribution in [-0.4, -0.2) is 57.4 Å². The summed E-state index contributed by atoms with van der Waals surface area (Å²) in [4.78, 5) is 10.7. The molecule has 0 spiro atoms. The van der Waals surface area contributed by atoms with Crippen LogP contribution in [0.5, 0.6) is 0 Å². The number of rotatable bonds is 3. The second-order valence-electron chi connectivity index (χ2n) is 2.97. The molecule has 1 rings (SSSR count). The fourth-order valence-corrected chi connectivity index (χ4v) is 1.16. The average molecular weight is 192 g/mol. The highest BCUT2D eigenvalue weighted by Crippen LogP contribution is 2.19. The van der Waals surface area contributed by atoms with Crippen molar-refractivity contribution >= 4 is 5.97 Å². The van der Waals surface area contributed by atoms with Gasteiger partial charge < -0.3 is 25.2 Å². The molecular formula is C7H12O6. The Balaban J connectivity index is 2.50. The number of cyclic esters (lactones) is 1. The zero-order valence-corrected chi connectivity index (χ0v) is 6.83. The van der Waals surface area contributed by atoms with E-state index >= 15 is 0 Å². The van der Waals surface area contributed by atoms with Crippen molar-refractivity contribution in [1.82, 2.24) is 0 Å². The van der Waals surface area contributed by atoms with Gasteiger partial charge >= 0.3 is 5.97 Å². The number of esters is 1. The Morgan fingerprint density at radius 3 is 2.54 bits per heavy atom. The van der Waals surface area contributed by atoms with Gasteiger partial charge in [-0.2, -0.15) is 0 Å². The van der Waals surface area contributed by atoms with Crippen LogP contribution in [0.2, 0.25) is 0 Å². The van der Waals surface area contributed by atoms with Crippen LogP contribution in [0.25, 0.3) is 0 Å². The number of hydrogen-bond acceptors (Lipinski definition) is 6. The van der Waals surface area contributed by atoms with Crippen LogP contribution in [0.4, 0.5) is 0 Å². The molecule has 6 heteroatoms. The van der Waals surface area contributed by atoms with E-state index in [-0.39, 0.29) is 6.42 Å². The van der Waals surface area contributed by atoms with Gasteiger partial charge in [0.2, 0.25) is 0 Å². The Morgan fingerprint density at radius 1 is 1.54 bits per heavy atom. The molecule has 1 fully saturated rings.